The molecule has 2 aromatic carbocycles. The maximum Gasteiger partial charge on any atom is 0.255 e. The standard InChI is InChI=1S/C18H14ClN3O/c19-10-5-6-14-12(9-10)11-7-8-20-18(16(11)21-14)13-3-1-2-4-15(13)22-17(18)23/h1-6,9,20-21H,7-8H2,(H,22,23). The topological polar surface area (TPSA) is 56.9 Å². The van der Waals surface area contributed by atoms with Gasteiger partial charge in [-0.3, -0.25) is 10.1 Å². The molecule has 2 aliphatic heterocycles. The number of benzene rings is 2. The van der Waals surface area contributed by atoms with Crippen molar-refractivity contribution in [2.45, 2.75) is 12.0 Å². The summed E-state index contributed by atoms with van der Waals surface area (Å²) >= 11 is 6.17. The maximum atomic E-state index is 12.9. The number of aromatic nitrogens is 1. The highest BCUT2D eigenvalue weighted by molar-refractivity contribution is 6.31. The van der Waals surface area contributed by atoms with Gasteiger partial charge in [0.25, 0.3) is 5.91 Å². The minimum atomic E-state index is -0.838. The lowest BCUT2D eigenvalue weighted by Gasteiger charge is -2.33. The monoisotopic (exact) mass is 323 g/mol. The summed E-state index contributed by atoms with van der Waals surface area (Å²) in [5.41, 5.74) is 4.13. The van der Waals surface area contributed by atoms with E-state index in [1.54, 1.807) is 0 Å². The Morgan fingerprint density at radius 2 is 2.00 bits per heavy atom. The zero-order chi connectivity index (χ0) is 15.6. The Morgan fingerprint density at radius 1 is 1.13 bits per heavy atom. The third-order valence-electron chi connectivity index (χ3n) is 4.93. The highest BCUT2D eigenvalue weighted by Crippen LogP contribution is 2.45. The van der Waals surface area contributed by atoms with Gasteiger partial charge in [-0.15, -0.1) is 0 Å². The second-order valence-corrected chi connectivity index (χ2v) is 6.53. The fourth-order valence-electron chi connectivity index (χ4n) is 3.94. The Labute approximate surface area is 137 Å². The summed E-state index contributed by atoms with van der Waals surface area (Å²) in [6, 6.07) is 13.7. The number of hydrogen-bond donors (Lipinski definition) is 3. The van der Waals surface area contributed by atoms with Gasteiger partial charge in [0.2, 0.25) is 0 Å². The number of hydrogen-bond acceptors (Lipinski definition) is 2. The van der Waals surface area contributed by atoms with Crippen molar-refractivity contribution in [1.82, 2.24) is 10.3 Å². The molecule has 0 radical (unpaired) electrons. The van der Waals surface area contributed by atoms with Crippen LogP contribution in [0.15, 0.2) is 42.5 Å². The van der Waals surface area contributed by atoms with Crippen molar-refractivity contribution in [3.05, 3.63) is 64.3 Å². The smallest absolute Gasteiger partial charge is 0.255 e. The summed E-state index contributed by atoms with van der Waals surface area (Å²) in [7, 11) is 0. The maximum absolute atomic E-state index is 12.9. The first kappa shape index (κ1) is 13.2. The van der Waals surface area contributed by atoms with E-state index in [9.17, 15) is 4.79 Å². The molecule has 0 saturated carbocycles. The van der Waals surface area contributed by atoms with Gasteiger partial charge < -0.3 is 10.3 Å². The van der Waals surface area contributed by atoms with Crippen LogP contribution in [-0.4, -0.2) is 17.4 Å². The number of aromatic amines is 1. The number of amides is 1. The van der Waals surface area contributed by atoms with Gasteiger partial charge in [-0.2, -0.15) is 0 Å². The van der Waals surface area contributed by atoms with E-state index in [-0.39, 0.29) is 5.91 Å². The van der Waals surface area contributed by atoms with Gasteiger partial charge in [-0.05, 0) is 36.2 Å². The number of carbonyl (C=O) groups excluding carboxylic acids is 1. The molecule has 1 amide bonds. The van der Waals surface area contributed by atoms with E-state index in [1.807, 2.05) is 42.5 Å². The highest BCUT2D eigenvalue weighted by Gasteiger charge is 2.51. The number of carbonyl (C=O) groups is 1. The molecule has 4 nitrogen and oxygen atoms in total. The number of anilines is 1. The lowest BCUT2D eigenvalue weighted by Crippen LogP contribution is -2.53. The van der Waals surface area contributed by atoms with Crippen LogP contribution in [0.4, 0.5) is 5.69 Å². The molecule has 5 heteroatoms. The fraction of sp³-hybridized carbons (Fsp3) is 0.167. The molecule has 3 heterocycles. The summed E-state index contributed by atoms with van der Waals surface area (Å²) in [5.74, 6) is -0.0303. The molecule has 3 N–H and O–H groups in total. The second-order valence-electron chi connectivity index (χ2n) is 6.09. The van der Waals surface area contributed by atoms with Crippen LogP contribution in [0.3, 0.4) is 0 Å². The molecule has 23 heavy (non-hydrogen) atoms. The average molecular weight is 324 g/mol. The van der Waals surface area contributed by atoms with Crippen LogP contribution >= 0.6 is 11.6 Å². The summed E-state index contributed by atoms with van der Waals surface area (Å²) < 4.78 is 0. The van der Waals surface area contributed by atoms with Crippen LogP contribution in [-0.2, 0) is 16.8 Å². The first-order valence-corrected chi connectivity index (χ1v) is 8.04. The Kier molecular flexibility index (Phi) is 2.50. The third-order valence-corrected chi connectivity index (χ3v) is 5.16. The van der Waals surface area contributed by atoms with Crippen molar-refractivity contribution in [1.29, 1.82) is 0 Å². The number of para-hydroxylation sites is 1. The van der Waals surface area contributed by atoms with E-state index < -0.39 is 5.54 Å². The van der Waals surface area contributed by atoms with E-state index in [4.69, 9.17) is 11.6 Å². The Hall–Kier alpha value is -2.30. The molecule has 1 unspecified atom stereocenters. The fourth-order valence-corrected chi connectivity index (χ4v) is 4.12. The van der Waals surface area contributed by atoms with E-state index in [0.717, 1.165) is 40.8 Å². The number of fused-ring (bicyclic) bond motifs is 6. The zero-order valence-electron chi connectivity index (χ0n) is 12.2. The summed E-state index contributed by atoms with van der Waals surface area (Å²) in [5, 5.41) is 8.28. The van der Waals surface area contributed by atoms with Gasteiger partial charge in [0.15, 0.2) is 5.54 Å². The first-order valence-electron chi connectivity index (χ1n) is 7.67. The molecule has 1 atom stereocenters. The van der Waals surface area contributed by atoms with E-state index in [0.29, 0.717) is 5.02 Å². The van der Waals surface area contributed by atoms with Gasteiger partial charge in [0.1, 0.15) is 0 Å². The number of rotatable bonds is 0. The molecule has 0 bridgehead atoms. The molecule has 3 aromatic rings. The summed E-state index contributed by atoms with van der Waals surface area (Å²) in [6.45, 7) is 0.744. The lowest BCUT2D eigenvalue weighted by atomic mass is 9.82. The third kappa shape index (κ3) is 1.57. The van der Waals surface area contributed by atoms with Crippen LogP contribution in [0.5, 0.6) is 0 Å². The van der Waals surface area contributed by atoms with Crippen LogP contribution in [0.1, 0.15) is 16.8 Å². The van der Waals surface area contributed by atoms with Crippen LogP contribution < -0.4 is 10.6 Å². The van der Waals surface area contributed by atoms with Crippen LogP contribution in [0, 0.1) is 0 Å². The number of H-pyrrole nitrogens is 1. The SMILES string of the molecule is O=C1Nc2ccccc2C12NCCc1c2[nH]c2ccc(Cl)cc12. The number of halogens is 1. The molecular formula is C18H14ClN3O. The molecule has 5 rings (SSSR count). The Morgan fingerprint density at radius 3 is 2.91 bits per heavy atom. The molecule has 2 aliphatic rings. The minimum Gasteiger partial charge on any atom is -0.356 e. The van der Waals surface area contributed by atoms with Gasteiger partial charge in [0.05, 0.1) is 5.69 Å². The predicted molar refractivity (Wildman–Crippen MR) is 90.9 cm³/mol. The molecule has 1 spiro atoms. The summed E-state index contributed by atoms with van der Waals surface area (Å²) in [6.07, 6.45) is 0.868. The van der Waals surface area contributed by atoms with Crippen molar-refractivity contribution in [3.63, 3.8) is 0 Å². The molecular weight excluding hydrogens is 310 g/mol. The van der Waals surface area contributed by atoms with Crippen molar-refractivity contribution in [2.24, 2.45) is 0 Å². The second kappa shape index (κ2) is 4.37. The highest BCUT2D eigenvalue weighted by atomic mass is 35.5. The molecule has 0 fully saturated rings. The quantitative estimate of drug-likeness (QED) is 0.595. The van der Waals surface area contributed by atoms with E-state index in [2.05, 4.69) is 15.6 Å². The van der Waals surface area contributed by atoms with Crippen LogP contribution in [0.2, 0.25) is 5.02 Å². The van der Waals surface area contributed by atoms with Crippen molar-refractivity contribution in [3.8, 4) is 0 Å². The predicted octanol–water partition coefficient (Wildman–Crippen LogP) is 3.16. The van der Waals surface area contributed by atoms with Gasteiger partial charge in [-0.25, -0.2) is 0 Å². The first-order chi connectivity index (χ1) is 11.2. The normalized spacial score (nSPS) is 22.2. The van der Waals surface area contributed by atoms with E-state index >= 15 is 0 Å². The lowest BCUT2D eigenvalue weighted by molar-refractivity contribution is -0.120. The molecule has 0 aliphatic carbocycles. The molecule has 0 saturated heterocycles. The largest absolute Gasteiger partial charge is 0.356 e. The zero-order valence-corrected chi connectivity index (χ0v) is 13.0. The van der Waals surface area contributed by atoms with Gasteiger partial charge in [0, 0.05) is 33.7 Å². The average Bonchev–Trinajstić information content (AvgIpc) is 3.06. The minimum absolute atomic E-state index is 0.0303. The molecule has 114 valence electrons. The Balaban J connectivity index is 1.86. The van der Waals surface area contributed by atoms with Crippen molar-refractivity contribution in [2.75, 3.05) is 11.9 Å². The molecule has 1 aromatic heterocycles. The van der Waals surface area contributed by atoms with Crippen LogP contribution in [0.25, 0.3) is 10.9 Å². The summed E-state index contributed by atoms with van der Waals surface area (Å²) in [4.78, 5) is 16.4. The van der Waals surface area contributed by atoms with Crippen molar-refractivity contribution >= 4 is 34.1 Å². The van der Waals surface area contributed by atoms with Gasteiger partial charge >= 0.3 is 0 Å². The Bertz CT molecular complexity index is 978. The van der Waals surface area contributed by atoms with Crippen molar-refractivity contribution < 1.29 is 4.79 Å². The van der Waals surface area contributed by atoms with E-state index in [1.165, 1.54) is 5.56 Å². The number of nitrogens with one attached hydrogen (secondary N) is 3. The van der Waals surface area contributed by atoms with Gasteiger partial charge in [-0.1, -0.05) is 29.8 Å².